The highest BCUT2D eigenvalue weighted by atomic mass is 35.5. The van der Waals surface area contributed by atoms with E-state index in [0.29, 0.717) is 5.91 Å². The van der Waals surface area contributed by atoms with Gasteiger partial charge in [-0.2, -0.15) is 0 Å². The molecule has 3 heterocycles. The van der Waals surface area contributed by atoms with Crippen molar-refractivity contribution in [2.45, 2.75) is 38.8 Å². The first-order valence-electron chi connectivity index (χ1n) is 8.93. The predicted molar refractivity (Wildman–Crippen MR) is 113 cm³/mol. The predicted octanol–water partition coefficient (Wildman–Crippen LogP) is 2.87. The molecule has 2 aliphatic heterocycles. The zero-order valence-corrected chi connectivity index (χ0v) is 17.8. The number of likely N-dealkylation sites (N-methyl/N-ethyl adjacent to an activating group) is 1. The van der Waals surface area contributed by atoms with Crippen LogP contribution in [0.1, 0.15) is 31.9 Å². The van der Waals surface area contributed by atoms with Crippen LogP contribution in [-0.4, -0.2) is 70.9 Å². The third-order valence-corrected chi connectivity index (χ3v) is 5.10. The molecule has 3 rings (SSSR count). The molecule has 1 unspecified atom stereocenters. The van der Waals surface area contributed by atoms with E-state index in [0.717, 1.165) is 57.9 Å². The van der Waals surface area contributed by atoms with Gasteiger partial charge in [0.05, 0.1) is 11.7 Å². The number of carbonyl (C=O) groups is 1. The third kappa shape index (κ3) is 6.54. The number of pyridine rings is 1. The van der Waals surface area contributed by atoms with Crippen LogP contribution in [0.3, 0.4) is 0 Å². The van der Waals surface area contributed by atoms with Crippen molar-refractivity contribution in [3.63, 3.8) is 0 Å². The van der Waals surface area contributed by atoms with Crippen LogP contribution in [0.2, 0.25) is 0 Å². The summed E-state index contributed by atoms with van der Waals surface area (Å²) in [7, 11) is 0. The first kappa shape index (κ1) is 25.4. The van der Waals surface area contributed by atoms with Crippen molar-refractivity contribution in [1.82, 2.24) is 19.7 Å². The van der Waals surface area contributed by atoms with Crippen molar-refractivity contribution < 1.29 is 4.79 Å². The van der Waals surface area contributed by atoms with Gasteiger partial charge in [0.15, 0.2) is 0 Å². The molecule has 0 bridgehead atoms. The van der Waals surface area contributed by atoms with Crippen molar-refractivity contribution in [1.29, 1.82) is 0 Å². The topological polar surface area (TPSA) is 39.7 Å². The molecule has 26 heavy (non-hydrogen) atoms. The van der Waals surface area contributed by atoms with Crippen LogP contribution in [0.25, 0.3) is 0 Å². The van der Waals surface area contributed by atoms with Crippen molar-refractivity contribution in [3.05, 3.63) is 30.1 Å². The summed E-state index contributed by atoms with van der Waals surface area (Å²) in [6.45, 7) is 8.69. The van der Waals surface area contributed by atoms with E-state index in [1.807, 2.05) is 18.3 Å². The molecule has 1 aromatic rings. The molecule has 0 aromatic carbocycles. The molecule has 150 valence electrons. The van der Waals surface area contributed by atoms with Gasteiger partial charge in [0, 0.05) is 38.9 Å². The molecular weight excluding hydrogens is 395 g/mol. The minimum Gasteiger partial charge on any atom is -0.339 e. The van der Waals surface area contributed by atoms with Crippen LogP contribution in [0.5, 0.6) is 0 Å². The first-order valence-corrected chi connectivity index (χ1v) is 8.93. The highest BCUT2D eigenvalue weighted by molar-refractivity contribution is 5.86. The van der Waals surface area contributed by atoms with Gasteiger partial charge in [-0.1, -0.05) is 19.4 Å². The fraction of sp³-hybridized carbons (Fsp3) is 0.667. The van der Waals surface area contributed by atoms with Gasteiger partial charge < -0.3 is 4.90 Å². The lowest BCUT2D eigenvalue weighted by Crippen LogP contribution is -2.55. The fourth-order valence-electron chi connectivity index (χ4n) is 3.71. The molecular formula is C18H31Cl3N4O. The smallest absolute Gasteiger partial charge is 0.240 e. The van der Waals surface area contributed by atoms with Crippen LogP contribution in [-0.2, 0) is 11.3 Å². The normalized spacial score (nSPS) is 21.1. The molecule has 8 heteroatoms. The number of aromatic nitrogens is 1. The average Bonchev–Trinajstić information content (AvgIpc) is 2.62. The Kier molecular flexibility index (Phi) is 12.4. The summed E-state index contributed by atoms with van der Waals surface area (Å²) < 4.78 is 0. The summed E-state index contributed by atoms with van der Waals surface area (Å²) in [5.41, 5.74) is 1.11. The minimum absolute atomic E-state index is 0. The number of carbonyl (C=O) groups excluding carboxylic acids is 1. The second kappa shape index (κ2) is 12.7. The van der Waals surface area contributed by atoms with E-state index in [-0.39, 0.29) is 43.3 Å². The van der Waals surface area contributed by atoms with Gasteiger partial charge in [-0.05, 0) is 38.1 Å². The van der Waals surface area contributed by atoms with Crippen LogP contribution in [0, 0.1) is 0 Å². The van der Waals surface area contributed by atoms with E-state index in [2.05, 4.69) is 32.7 Å². The molecule has 1 atom stereocenters. The first-order chi connectivity index (χ1) is 11.3. The zero-order chi connectivity index (χ0) is 16.1. The number of hydrogen-bond donors (Lipinski definition) is 0. The highest BCUT2D eigenvalue weighted by Crippen LogP contribution is 2.19. The average molecular weight is 426 g/mol. The zero-order valence-electron chi connectivity index (χ0n) is 15.4. The van der Waals surface area contributed by atoms with Gasteiger partial charge in [0.25, 0.3) is 0 Å². The van der Waals surface area contributed by atoms with Crippen LogP contribution in [0.4, 0.5) is 0 Å². The fourth-order valence-corrected chi connectivity index (χ4v) is 3.71. The summed E-state index contributed by atoms with van der Waals surface area (Å²) in [6.07, 6.45) is 5.29. The molecule has 1 amide bonds. The van der Waals surface area contributed by atoms with Crippen LogP contribution in [0.15, 0.2) is 24.4 Å². The second-order valence-corrected chi connectivity index (χ2v) is 6.56. The molecule has 1 aromatic heterocycles. The molecule has 0 radical (unpaired) electrons. The molecule has 5 nitrogen and oxygen atoms in total. The lowest BCUT2D eigenvalue weighted by molar-refractivity contribution is -0.140. The Morgan fingerprint density at radius 1 is 1.08 bits per heavy atom. The van der Waals surface area contributed by atoms with Gasteiger partial charge >= 0.3 is 0 Å². The maximum atomic E-state index is 12.8. The maximum absolute atomic E-state index is 12.8. The molecule has 0 aliphatic carbocycles. The van der Waals surface area contributed by atoms with Gasteiger partial charge in [-0.25, -0.2) is 0 Å². The highest BCUT2D eigenvalue weighted by Gasteiger charge is 2.32. The van der Waals surface area contributed by atoms with E-state index in [1.54, 1.807) is 0 Å². The summed E-state index contributed by atoms with van der Waals surface area (Å²) >= 11 is 0. The number of piperidine rings is 1. The van der Waals surface area contributed by atoms with Crippen LogP contribution < -0.4 is 0 Å². The van der Waals surface area contributed by atoms with E-state index >= 15 is 0 Å². The number of rotatable bonds is 4. The number of piperazine rings is 1. The maximum Gasteiger partial charge on any atom is 0.240 e. The van der Waals surface area contributed by atoms with E-state index in [9.17, 15) is 4.79 Å². The van der Waals surface area contributed by atoms with Crippen LogP contribution >= 0.6 is 37.2 Å². The Hall–Kier alpha value is -0.590. The Balaban J connectivity index is 0.00000208. The largest absolute Gasteiger partial charge is 0.339 e. The van der Waals surface area contributed by atoms with Gasteiger partial charge in [0.2, 0.25) is 5.91 Å². The summed E-state index contributed by atoms with van der Waals surface area (Å²) in [4.78, 5) is 24.1. The SMILES string of the molecule is CCN1CCCCC1C(=O)N1CCN(Cc2ccccn2)CC1.Cl.Cl.Cl. The molecule has 0 N–H and O–H groups in total. The van der Waals surface area contributed by atoms with Gasteiger partial charge in [0.1, 0.15) is 0 Å². The summed E-state index contributed by atoms with van der Waals surface area (Å²) in [5.74, 6) is 0.351. The van der Waals surface area contributed by atoms with Crippen molar-refractivity contribution in [2.75, 3.05) is 39.3 Å². The number of halogens is 3. The van der Waals surface area contributed by atoms with Crippen molar-refractivity contribution >= 4 is 43.1 Å². The van der Waals surface area contributed by atoms with E-state index < -0.39 is 0 Å². The lowest BCUT2D eigenvalue weighted by Gasteiger charge is -2.40. The molecule has 2 fully saturated rings. The number of amides is 1. The monoisotopic (exact) mass is 424 g/mol. The Morgan fingerprint density at radius 2 is 1.81 bits per heavy atom. The molecule has 2 saturated heterocycles. The number of hydrogen-bond acceptors (Lipinski definition) is 4. The lowest BCUT2D eigenvalue weighted by atomic mass is 10.0. The second-order valence-electron chi connectivity index (χ2n) is 6.56. The number of likely N-dealkylation sites (tertiary alicyclic amines) is 1. The minimum atomic E-state index is 0. The van der Waals surface area contributed by atoms with Crippen molar-refractivity contribution in [2.24, 2.45) is 0 Å². The molecule has 0 spiro atoms. The molecule has 2 aliphatic rings. The summed E-state index contributed by atoms with van der Waals surface area (Å²) in [5, 5.41) is 0. The molecule has 0 saturated carbocycles. The quantitative estimate of drug-likeness (QED) is 0.743. The van der Waals surface area contributed by atoms with Gasteiger partial charge in [-0.3, -0.25) is 19.6 Å². The van der Waals surface area contributed by atoms with E-state index in [4.69, 9.17) is 0 Å². The van der Waals surface area contributed by atoms with Gasteiger partial charge in [-0.15, -0.1) is 37.2 Å². The number of nitrogens with zero attached hydrogens (tertiary/aromatic N) is 4. The summed E-state index contributed by atoms with van der Waals surface area (Å²) in [6, 6.07) is 6.17. The Labute approximate surface area is 175 Å². The van der Waals surface area contributed by atoms with Crippen molar-refractivity contribution in [3.8, 4) is 0 Å². The standard InChI is InChI=1S/C18H28N4O.3ClH/c1-2-21-10-6-4-8-17(21)18(23)22-13-11-20(12-14-22)15-16-7-3-5-9-19-16;;;/h3,5,7,9,17H,2,4,6,8,10-15H2,1H3;3*1H. The Bertz CT molecular complexity index is 512. The van der Waals surface area contributed by atoms with E-state index in [1.165, 1.54) is 12.8 Å². The Morgan fingerprint density at radius 3 is 2.42 bits per heavy atom. The third-order valence-electron chi connectivity index (χ3n) is 5.10.